The molecule has 0 saturated heterocycles. The molecule has 1 unspecified atom stereocenters. The second-order valence-corrected chi connectivity index (χ2v) is 7.15. The molecule has 1 aromatic rings. The lowest BCUT2D eigenvalue weighted by Gasteiger charge is -2.23. The number of halogens is 3. The molecule has 1 aliphatic heterocycles. The Labute approximate surface area is 182 Å². The summed E-state index contributed by atoms with van der Waals surface area (Å²) in [5.41, 5.74) is -0.0538. The monoisotopic (exact) mass is 455 g/mol. The zero-order valence-corrected chi connectivity index (χ0v) is 17.5. The van der Waals surface area contributed by atoms with Crippen LogP contribution in [0.15, 0.2) is 53.4 Å². The Kier molecular flexibility index (Phi) is 8.41. The first-order valence-electron chi connectivity index (χ1n) is 9.69. The van der Waals surface area contributed by atoms with Crippen molar-refractivity contribution in [2.75, 3.05) is 13.1 Å². The topological polar surface area (TPSA) is 108 Å². The van der Waals surface area contributed by atoms with Crippen LogP contribution in [0.5, 0.6) is 0 Å². The molecule has 1 atom stereocenters. The first kappa shape index (κ1) is 24.9. The van der Waals surface area contributed by atoms with E-state index in [0.29, 0.717) is 6.42 Å². The number of aliphatic hydroxyl groups excluding tert-OH is 1. The Morgan fingerprint density at radius 3 is 2.44 bits per heavy atom. The van der Waals surface area contributed by atoms with Gasteiger partial charge in [-0.1, -0.05) is 42.0 Å². The number of alkyl carbamates (subject to hydrolysis) is 1. The average molecular weight is 455 g/mol. The van der Waals surface area contributed by atoms with Gasteiger partial charge in [-0.3, -0.25) is 9.59 Å². The predicted molar refractivity (Wildman–Crippen MR) is 108 cm³/mol. The van der Waals surface area contributed by atoms with Gasteiger partial charge in [-0.25, -0.2) is 4.79 Å². The molecule has 1 aliphatic rings. The smallest absolute Gasteiger partial charge is 0.420 e. The summed E-state index contributed by atoms with van der Waals surface area (Å²) >= 11 is 0. The quantitative estimate of drug-likeness (QED) is 0.585. The van der Waals surface area contributed by atoms with E-state index in [-0.39, 0.29) is 24.4 Å². The van der Waals surface area contributed by atoms with Crippen molar-refractivity contribution in [2.45, 2.75) is 39.2 Å². The highest BCUT2D eigenvalue weighted by Crippen LogP contribution is 2.26. The van der Waals surface area contributed by atoms with Crippen LogP contribution < -0.4 is 10.6 Å². The van der Waals surface area contributed by atoms with Gasteiger partial charge in [0.05, 0.1) is 5.70 Å². The van der Waals surface area contributed by atoms with E-state index in [2.05, 4.69) is 5.32 Å². The van der Waals surface area contributed by atoms with E-state index in [1.54, 1.807) is 24.3 Å². The van der Waals surface area contributed by atoms with E-state index in [4.69, 9.17) is 4.74 Å². The summed E-state index contributed by atoms with van der Waals surface area (Å²) in [6, 6.07) is 8.88. The Balaban J connectivity index is 1.92. The second kappa shape index (κ2) is 10.8. The molecule has 11 heteroatoms. The van der Waals surface area contributed by atoms with Gasteiger partial charge < -0.3 is 25.4 Å². The van der Waals surface area contributed by atoms with Gasteiger partial charge in [0.25, 0.3) is 5.91 Å². The molecule has 0 bridgehead atoms. The van der Waals surface area contributed by atoms with Crippen LogP contribution in [0, 0.1) is 0 Å². The van der Waals surface area contributed by atoms with E-state index in [9.17, 15) is 32.7 Å². The van der Waals surface area contributed by atoms with Crippen LogP contribution in [0.4, 0.5) is 18.0 Å². The van der Waals surface area contributed by atoms with Crippen LogP contribution in [0.3, 0.4) is 0 Å². The van der Waals surface area contributed by atoms with E-state index >= 15 is 0 Å². The molecule has 0 aliphatic carbocycles. The summed E-state index contributed by atoms with van der Waals surface area (Å²) in [5, 5.41) is 13.8. The van der Waals surface area contributed by atoms with Crippen molar-refractivity contribution in [1.82, 2.24) is 15.5 Å². The van der Waals surface area contributed by atoms with Crippen LogP contribution in [0.1, 0.15) is 25.8 Å². The highest BCUT2D eigenvalue weighted by Gasteiger charge is 2.42. The van der Waals surface area contributed by atoms with Gasteiger partial charge in [0.2, 0.25) is 5.91 Å². The fourth-order valence-electron chi connectivity index (χ4n) is 2.87. The van der Waals surface area contributed by atoms with Crippen LogP contribution in [-0.2, 0) is 20.9 Å². The van der Waals surface area contributed by atoms with Crippen molar-refractivity contribution in [1.29, 1.82) is 0 Å². The third-order valence-corrected chi connectivity index (χ3v) is 4.48. The maximum absolute atomic E-state index is 12.9. The van der Waals surface area contributed by atoms with Gasteiger partial charge in [-0.15, -0.1) is 0 Å². The number of nitrogens with zero attached hydrogens (tertiary/aromatic N) is 1. The first-order valence-corrected chi connectivity index (χ1v) is 9.69. The molecule has 8 nitrogen and oxygen atoms in total. The number of rotatable bonds is 7. The van der Waals surface area contributed by atoms with Crippen molar-refractivity contribution >= 4 is 17.9 Å². The summed E-state index contributed by atoms with van der Waals surface area (Å²) in [6.07, 6.45) is -6.98. The Morgan fingerprint density at radius 1 is 1.19 bits per heavy atom. The summed E-state index contributed by atoms with van der Waals surface area (Å²) in [7, 11) is 0. The van der Waals surface area contributed by atoms with Crippen LogP contribution in [0.2, 0.25) is 0 Å². The van der Waals surface area contributed by atoms with Crippen molar-refractivity contribution in [2.24, 2.45) is 0 Å². The minimum atomic E-state index is -4.97. The van der Waals surface area contributed by atoms with Gasteiger partial charge in [-0.05, 0) is 25.8 Å². The predicted octanol–water partition coefficient (Wildman–Crippen LogP) is 2.36. The van der Waals surface area contributed by atoms with Gasteiger partial charge >= 0.3 is 12.3 Å². The number of allylic oxidation sites excluding steroid dienone is 1. The summed E-state index contributed by atoms with van der Waals surface area (Å²) < 4.78 is 43.6. The molecule has 174 valence electrons. The molecule has 0 saturated carbocycles. The van der Waals surface area contributed by atoms with Gasteiger partial charge in [-0.2, -0.15) is 13.2 Å². The number of carbonyl (C=O) groups is 3. The van der Waals surface area contributed by atoms with E-state index in [1.807, 2.05) is 11.4 Å². The molecule has 1 heterocycles. The molecule has 2 rings (SSSR count). The molecule has 32 heavy (non-hydrogen) atoms. The minimum Gasteiger partial charge on any atom is -0.445 e. The highest BCUT2D eigenvalue weighted by atomic mass is 19.4. The third kappa shape index (κ3) is 6.84. The number of ether oxygens (including phenoxy) is 1. The van der Waals surface area contributed by atoms with Crippen molar-refractivity contribution in [3.05, 3.63) is 58.9 Å². The van der Waals surface area contributed by atoms with Crippen LogP contribution >= 0.6 is 0 Å². The largest absolute Gasteiger partial charge is 0.445 e. The number of hydrogen-bond acceptors (Lipinski definition) is 5. The molecule has 3 amide bonds. The number of aliphatic hydroxyl groups is 1. The Bertz CT molecular complexity index is 909. The van der Waals surface area contributed by atoms with Crippen molar-refractivity contribution < 1.29 is 37.4 Å². The number of nitrogens with one attached hydrogen (secondary N) is 2. The molecule has 0 aromatic heterocycles. The maximum Gasteiger partial charge on any atom is 0.420 e. The van der Waals surface area contributed by atoms with E-state index in [0.717, 1.165) is 10.5 Å². The average Bonchev–Trinajstić information content (AvgIpc) is 3.23. The third-order valence-electron chi connectivity index (χ3n) is 4.48. The number of carbonyl (C=O) groups excluding carboxylic acids is 3. The van der Waals surface area contributed by atoms with Gasteiger partial charge in [0.15, 0.2) is 6.10 Å². The standard InChI is InChI=1S/C21H24F3N3O5/c1-13(2)17(18(29)21(22,23)24)26-19(30)15-9-6-10-27(15)16(28)11-25-20(31)32-12-14-7-4-3-5-8-14/h3-5,7-9,18,29H,6,10-12H2,1-2H3,(H,25,31)(H,26,30). The Hall–Kier alpha value is -3.34. The van der Waals surface area contributed by atoms with Crippen LogP contribution in [-0.4, -0.2) is 53.3 Å². The van der Waals surface area contributed by atoms with Gasteiger partial charge in [0.1, 0.15) is 18.8 Å². The SMILES string of the molecule is CC(C)=C(NC(=O)C1=CCCN1C(=O)CNC(=O)OCc1ccccc1)C(O)C(F)(F)F. The molecule has 1 aromatic carbocycles. The lowest BCUT2D eigenvalue weighted by atomic mass is 10.1. The molecule has 3 N–H and O–H groups in total. The normalized spacial score (nSPS) is 14.3. The lowest BCUT2D eigenvalue weighted by Crippen LogP contribution is -2.44. The zero-order chi connectivity index (χ0) is 23.9. The summed E-state index contributed by atoms with van der Waals surface area (Å²) in [4.78, 5) is 37.8. The highest BCUT2D eigenvalue weighted by molar-refractivity contribution is 5.99. The fourth-order valence-corrected chi connectivity index (χ4v) is 2.87. The van der Waals surface area contributed by atoms with E-state index < -0.39 is 42.4 Å². The summed E-state index contributed by atoms with van der Waals surface area (Å²) in [5.74, 6) is -1.61. The van der Waals surface area contributed by atoms with Gasteiger partial charge in [0, 0.05) is 6.54 Å². The lowest BCUT2D eigenvalue weighted by molar-refractivity contribution is -0.193. The van der Waals surface area contributed by atoms with Crippen molar-refractivity contribution in [3.63, 3.8) is 0 Å². The first-order chi connectivity index (χ1) is 15.0. The molecule has 0 radical (unpaired) electrons. The number of hydrogen-bond donors (Lipinski definition) is 3. The number of amides is 3. The minimum absolute atomic E-state index is 0.00511. The fraction of sp³-hybridized carbons (Fsp3) is 0.381. The number of alkyl halides is 3. The molecular formula is C21H24F3N3O5. The Morgan fingerprint density at radius 2 is 1.84 bits per heavy atom. The van der Waals surface area contributed by atoms with E-state index in [1.165, 1.54) is 19.9 Å². The molecule has 0 fully saturated rings. The number of benzene rings is 1. The van der Waals surface area contributed by atoms with Crippen molar-refractivity contribution in [3.8, 4) is 0 Å². The van der Waals surface area contributed by atoms with Crippen LogP contribution in [0.25, 0.3) is 0 Å². The maximum atomic E-state index is 12.9. The zero-order valence-electron chi connectivity index (χ0n) is 17.5. The summed E-state index contributed by atoms with van der Waals surface area (Å²) in [6.45, 7) is 2.27. The second-order valence-electron chi connectivity index (χ2n) is 7.15. The molecule has 0 spiro atoms. The molecular weight excluding hydrogens is 431 g/mol.